The van der Waals surface area contributed by atoms with Crippen molar-refractivity contribution < 1.29 is 4.79 Å². The van der Waals surface area contributed by atoms with Crippen LogP contribution in [0.25, 0.3) is 0 Å². The van der Waals surface area contributed by atoms with E-state index in [1.807, 2.05) is 12.1 Å². The van der Waals surface area contributed by atoms with Gasteiger partial charge in [-0.25, -0.2) is 0 Å². The van der Waals surface area contributed by atoms with Crippen LogP contribution in [0.4, 0.5) is 5.69 Å². The van der Waals surface area contributed by atoms with E-state index in [0.717, 1.165) is 49.6 Å². The standard InChI is InChI=1S/C20H31N3O/c1-2-12-21-13-11-15-7-9-16(10-8-15)23-20(24)18-14-22-19-6-4-3-5-17(18)19/h3-6,15-16,18,21-22H,2,7-14H2,1H3,(H,23,24). The number of anilines is 1. The third-order valence-electron chi connectivity index (χ3n) is 5.50. The molecule has 1 fully saturated rings. The first kappa shape index (κ1) is 17.3. The Bertz CT molecular complexity index is 537. The molecule has 1 amide bonds. The lowest BCUT2D eigenvalue weighted by Crippen LogP contribution is -2.40. The van der Waals surface area contributed by atoms with Gasteiger partial charge < -0.3 is 16.0 Å². The Balaban J connectivity index is 1.41. The van der Waals surface area contributed by atoms with Crippen LogP contribution in [0.2, 0.25) is 0 Å². The van der Waals surface area contributed by atoms with Crippen LogP contribution in [0.1, 0.15) is 56.9 Å². The van der Waals surface area contributed by atoms with Gasteiger partial charge in [-0.15, -0.1) is 0 Å². The van der Waals surface area contributed by atoms with E-state index >= 15 is 0 Å². The number of hydrogen-bond donors (Lipinski definition) is 3. The SMILES string of the molecule is CCCNCCC1CCC(NC(=O)C2CNc3ccccc32)CC1. The topological polar surface area (TPSA) is 53.2 Å². The van der Waals surface area contributed by atoms with Gasteiger partial charge >= 0.3 is 0 Å². The van der Waals surface area contributed by atoms with E-state index < -0.39 is 0 Å². The Kier molecular flexibility index (Phi) is 6.13. The third-order valence-corrected chi connectivity index (χ3v) is 5.50. The lowest BCUT2D eigenvalue weighted by Gasteiger charge is -2.30. The maximum absolute atomic E-state index is 12.6. The van der Waals surface area contributed by atoms with Gasteiger partial charge in [-0.1, -0.05) is 25.1 Å². The molecule has 1 aliphatic heterocycles. The molecule has 3 N–H and O–H groups in total. The summed E-state index contributed by atoms with van der Waals surface area (Å²) in [4.78, 5) is 12.6. The van der Waals surface area contributed by atoms with Crippen LogP contribution < -0.4 is 16.0 Å². The molecule has 0 aromatic heterocycles. The number of carbonyl (C=O) groups excluding carboxylic acids is 1. The Morgan fingerprint density at radius 2 is 1.96 bits per heavy atom. The first-order chi connectivity index (χ1) is 11.8. The van der Waals surface area contributed by atoms with Crippen molar-refractivity contribution in [2.75, 3.05) is 25.0 Å². The highest BCUT2D eigenvalue weighted by molar-refractivity contribution is 5.88. The van der Waals surface area contributed by atoms with Gasteiger partial charge in [0.15, 0.2) is 0 Å². The molecule has 0 spiro atoms. The lowest BCUT2D eigenvalue weighted by molar-refractivity contribution is -0.123. The zero-order valence-electron chi connectivity index (χ0n) is 14.8. The number of carbonyl (C=O) groups is 1. The monoisotopic (exact) mass is 329 g/mol. The molecule has 1 atom stereocenters. The van der Waals surface area contributed by atoms with Gasteiger partial charge in [0.1, 0.15) is 0 Å². The van der Waals surface area contributed by atoms with Crippen LogP contribution in [-0.4, -0.2) is 31.6 Å². The quantitative estimate of drug-likeness (QED) is 0.673. The Labute approximate surface area is 145 Å². The number of hydrogen-bond acceptors (Lipinski definition) is 3. The highest BCUT2D eigenvalue weighted by Gasteiger charge is 2.30. The predicted octanol–water partition coefficient (Wildman–Crippen LogP) is 3.26. The molecule has 0 radical (unpaired) electrons. The van der Waals surface area contributed by atoms with Crippen LogP contribution in [-0.2, 0) is 4.79 Å². The van der Waals surface area contributed by atoms with Crippen molar-refractivity contribution in [3.05, 3.63) is 29.8 Å². The molecule has 4 heteroatoms. The molecule has 4 nitrogen and oxygen atoms in total. The summed E-state index contributed by atoms with van der Waals surface area (Å²) in [6.45, 7) is 5.20. The summed E-state index contributed by atoms with van der Waals surface area (Å²) in [7, 11) is 0. The molecule has 1 aromatic carbocycles. The maximum atomic E-state index is 12.6. The van der Waals surface area contributed by atoms with Gasteiger partial charge in [0.2, 0.25) is 5.91 Å². The molecular formula is C20H31N3O. The van der Waals surface area contributed by atoms with Crippen LogP contribution in [0.15, 0.2) is 24.3 Å². The first-order valence-corrected chi connectivity index (χ1v) is 9.61. The fourth-order valence-electron chi connectivity index (χ4n) is 4.02. The summed E-state index contributed by atoms with van der Waals surface area (Å²) in [6.07, 6.45) is 7.24. The summed E-state index contributed by atoms with van der Waals surface area (Å²) >= 11 is 0. The second-order valence-corrected chi connectivity index (χ2v) is 7.29. The number of para-hydroxylation sites is 1. The van der Waals surface area contributed by atoms with Crippen LogP contribution in [0.5, 0.6) is 0 Å². The number of amides is 1. The maximum Gasteiger partial charge on any atom is 0.229 e. The molecule has 2 aliphatic rings. The second-order valence-electron chi connectivity index (χ2n) is 7.29. The average Bonchev–Trinajstić information content (AvgIpc) is 3.04. The average molecular weight is 329 g/mol. The third kappa shape index (κ3) is 4.29. The van der Waals surface area contributed by atoms with E-state index in [-0.39, 0.29) is 11.8 Å². The molecule has 1 saturated carbocycles. The highest BCUT2D eigenvalue weighted by atomic mass is 16.2. The number of rotatable bonds is 7. The fourth-order valence-corrected chi connectivity index (χ4v) is 4.02. The van der Waals surface area contributed by atoms with Gasteiger partial charge in [0.05, 0.1) is 5.92 Å². The van der Waals surface area contributed by atoms with Crippen molar-refractivity contribution >= 4 is 11.6 Å². The molecule has 0 bridgehead atoms. The van der Waals surface area contributed by atoms with E-state index in [2.05, 4.69) is 35.0 Å². The van der Waals surface area contributed by atoms with Crippen LogP contribution in [0, 0.1) is 5.92 Å². The minimum Gasteiger partial charge on any atom is -0.384 e. The molecule has 1 heterocycles. The summed E-state index contributed by atoms with van der Waals surface area (Å²) in [5.41, 5.74) is 2.26. The number of benzene rings is 1. The van der Waals surface area contributed by atoms with Crippen molar-refractivity contribution in [1.29, 1.82) is 0 Å². The van der Waals surface area contributed by atoms with Crippen LogP contribution in [0.3, 0.4) is 0 Å². The summed E-state index contributed by atoms with van der Waals surface area (Å²) in [5, 5.41) is 10.1. The van der Waals surface area contributed by atoms with Crippen molar-refractivity contribution in [3.63, 3.8) is 0 Å². The Morgan fingerprint density at radius 3 is 2.75 bits per heavy atom. The summed E-state index contributed by atoms with van der Waals surface area (Å²) < 4.78 is 0. The minimum absolute atomic E-state index is 0.0304. The van der Waals surface area contributed by atoms with E-state index in [4.69, 9.17) is 0 Å². The van der Waals surface area contributed by atoms with E-state index in [1.54, 1.807) is 0 Å². The molecule has 132 valence electrons. The zero-order chi connectivity index (χ0) is 16.8. The van der Waals surface area contributed by atoms with Gasteiger partial charge in [0.25, 0.3) is 0 Å². The van der Waals surface area contributed by atoms with Gasteiger partial charge in [-0.05, 0) is 69.2 Å². The smallest absolute Gasteiger partial charge is 0.229 e. The summed E-state index contributed by atoms with van der Waals surface area (Å²) in [6, 6.07) is 8.53. The number of fused-ring (bicyclic) bond motifs is 1. The Morgan fingerprint density at radius 1 is 1.17 bits per heavy atom. The zero-order valence-corrected chi connectivity index (χ0v) is 14.8. The van der Waals surface area contributed by atoms with E-state index in [1.165, 1.54) is 25.7 Å². The lowest BCUT2D eigenvalue weighted by atomic mass is 9.84. The normalized spacial score (nSPS) is 25.8. The largest absolute Gasteiger partial charge is 0.384 e. The minimum atomic E-state index is -0.0304. The van der Waals surface area contributed by atoms with Crippen molar-refractivity contribution in [3.8, 4) is 0 Å². The molecule has 1 aliphatic carbocycles. The second kappa shape index (κ2) is 8.52. The van der Waals surface area contributed by atoms with E-state index in [9.17, 15) is 4.79 Å². The van der Waals surface area contributed by atoms with Crippen molar-refractivity contribution in [1.82, 2.24) is 10.6 Å². The van der Waals surface area contributed by atoms with Gasteiger partial charge in [-0.3, -0.25) is 4.79 Å². The summed E-state index contributed by atoms with van der Waals surface area (Å²) in [5.74, 6) is 0.995. The van der Waals surface area contributed by atoms with Gasteiger partial charge in [-0.2, -0.15) is 0 Å². The highest BCUT2D eigenvalue weighted by Crippen LogP contribution is 2.32. The molecule has 3 rings (SSSR count). The molecule has 1 unspecified atom stereocenters. The number of nitrogens with one attached hydrogen (secondary N) is 3. The van der Waals surface area contributed by atoms with Crippen LogP contribution >= 0.6 is 0 Å². The van der Waals surface area contributed by atoms with Gasteiger partial charge in [0, 0.05) is 18.3 Å². The molecule has 1 aromatic rings. The van der Waals surface area contributed by atoms with Crippen molar-refractivity contribution in [2.45, 2.75) is 57.4 Å². The van der Waals surface area contributed by atoms with E-state index in [0.29, 0.717) is 6.04 Å². The predicted molar refractivity (Wildman–Crippen MR) is 99.3 cm³/mol. The molecule has 0 saturated heterocycles. The molecule has 24 heavy (non-hydrogen) atoms. The van der Waals surface area contributed by atoms with Crippen molar-refractivity contribution in [2.24, 2.45) is 5.92 Å². The fraction of sp³-hybridized carbons (Fsp3) is 0.650. The Hall–Kier alpha value is -1.55. The molecular weight excluding hydrogens is 298 g/mol. The first-order valence-electron chi connectivity index (χ1n) is 9.61.